The van der Waals surface area contributed by atoms with Gasteiger partial charge >= 0.3 is 5.97 Å². The topological polar surface area (TPSA) is 110 Å². The first-order valence-corrected chi connectivity index (χ1v) is 7.28. The van der Waals surface area contributed by atoms with Crippen molar-refractivity contribution in [2.45, 2.75) is 17.9 Å². The Kier molecular flexibility index (Phi) is 4.96. The van der Waals surface area contributed by atoms with Crippen molar-refractivity contribution in [1.82, 2.24) is 0 Å². The molecule has 112 valence electrons. The van der Waals surface area contributed by atoms with Crippen LogP contribution in [0.1, 0.15) is 17.3 Å². The van der Waals surface area contributed by atoms with E-state index in [1.165, 1.54) is 27.2 Å². The predicted octanol–water partition coefficient (Wildman–Crippen LogP) is 0.557. The molecule has 1 unspecified atom stereocenters. The highest BCUT2D eigenvalue weighted by Crippen LogP contribution is 2.34. The summed E-state index contributed by atoms with van der Waals surface area (Å²) in [4.78, 5) is 10.9. The van der Waals surface area contributed by atoms with Crippen molar-refractivity contribution < 1.29 is 32.9 Å². The highest BCUT2D eigenvalue weighted by molar-refractivity contribution is 7.91. The van der Waals surface area contributed by atoms with E-state index in [1.807, 2.05) is 0 Å². The van der Waals surface area contributed by atoms with Crippen LogP contribution in [0, 0.1) is 0 Å². The molecule has 20 heavy (non-hydrogen) atoms. The maximum Gasteiger partial charge on any atom is 0.339 e. The van der Waals surface area contributed by atoms with Crippen LogP contribution in [0.4, 0.5) is 0 Å². The molecule has 0 heterocycles. The quantitative estimate of drug-likeness (QED) is 0.790. The van der Waals surface area contributed by atoms with E-state index in [1.54, 1.807) is 0 Å². The van der Waals surface area contributed by atoms with Gasteiger partial charge in [-0.15, -0.1) is 0 Å². The Morgan fingerprint density at radius 2 is 1.90 bits per heavy atom. The Bertz CT molecular complexity index is 604. The Hall–Kier alpha value is -1.80. The van der Waals surface area contributed by atoms with Gasteiger partial charge in [0.15, 0.2) is 21.3 Å². The number of methoxy groups -OCH3 is 2. The van der Waals surface area contributed by atoms with Crippen LogP contribution in [0.3, 0.4) is 0 Å². The fourth-order valence-corrected chi connectivity index (χ4v) is 3.10. The average Bonchev–Trinajstić information content (AvgIpc) is 2.35. The van der Waals surface area contributed by atoms with Crippen LogP contribution in [0.15, 0.2) is 17.0 Å². The fraction of sp³-hybridized carbons (Fsp3) is 0.417. The van der Waals surface area contributed by atoms with Crippen LogP contribution < -0.4 is 9.47 Å². The first kappa shape index (κ1) is 16.3. The summed E-state index contributed by atoms with van der Waals surface area (Å²) < 4.78 is 34.0. The molecule has 0 aliphatic heterocycles. The van der Waals surface area contributed by atoms with Crippen molar-refractivity contribution in [2.24, 2.45) is 0 Å². The Morgan fingerprint density at radius 1 is 1.30 bits per heavy atom. The van der Waals surface area contributed by atoms with Crippen LogP contribution in [0.25, 0.3) is 0 Å². The van der Waals surface area contributed by atoms with Gasteiger partial charge in [0.1, 0.15) is 5.56 Å². The minimum Gasteiger partial charge on any atom is -0.493 e. The lowest BCUT2D eigenvalue weighted by atomic mass is 10.2. The normalized spacial score (nSPS) is 12.8. The van der Waals surface area contributed by atoms with E-state index in [-0.39, 0.29) is 22.0 Å². The second-order valence-corrected chi connectivity index (χ2v) is 6.18. The predicted molar refractivity (Wildman–Crippen MR) is 70.2 cm³/mol. The van der Waals surface area contributed by atoms with E-state index < -0.39 is 27.7 Å². The van der Waals surface area contributed by atoms with Crippen LogP contribution in [-0.4, -0.2) is 50.7 Å². The van der Waals surface area contributed by atoms with E-state index >= 15 is 0 Å². The molecule has 0 fully saturated rings. The van der Waals surface area contributed by atoms with Crippen molar-refractivity contribution in [2.75, 3.05) is 20.0 Å². The van der Waals surface area contributed by atoms with Gasteiger partial charge in [-0.05, 0) is 13.0 Å². The van der Waals surface area contributed by atoms with E-state index in [9.17, 15) is 18.3 Å². The summed E-state index contributed by atoms with van der Waals surface area (Å²) in [6, 6.07) is 2.16. The number of hydrogen-bond donors (Lipinski definition) is 2. The zero-order valence-electron chi connectivity index (χ0n) is 11.3. The molecule has 0 aromatic heterocycles. The largest absolute Gasteiger partial charge is 0.493 e. The molecular formula is C12H16O7S. The summed E-state index contributed by atoms with van der Waals surface area (Å²) in [7, 11) is -1.29. The summed E-state index contributed by atoms with van der Waals surface area (Å²) in [6.07, 6.45) is -1.07. The number of aliphatic hydroxyl groups excluding tert-OH is 1. The molecule has 2 N–H and O–H groups in total. The van der Waals surface area contributed by atoms with Gasteiger partial charge in [0.2, 0.25) is 0 Å². The first-order valence-electron chi connectivity index (χ1n) is 5.63. The summed E-state index contributed by atoms with van der Waals surface area (Å²) >= 11 is 0. The monoisotopic (exact) mass is 304 g/mol. The highest BCUT2D eigenvalue weighted by atomic mass is 32.2. The zero-order valence-corrected chi connectivity index (χ0v) is 12.1. The number of benzene rings is 1. The number of hydrogen-bond acceptors (Lipinski definition) is 6. The molecule has 0 aliphatic carbocycles. The van der Waals surface area contributed by atoms with Gasteiger partial charge in [0.25, 0.3) is 0 Å². The summed E-state index contributed by atoms with van der Waals surface area (Å²) in [5.41, 5.74) is -0.323. The minimum absolute atomic E-state index is 0.00318. The number of carbonyl (C=O) groups is 1. The van der Waals surface area contributed by atoms with Gasteiger partial charge in [0, 0.05) is 6.07 Å². The Morgan fingerprint density at radius 3 is 2.30 bits per heavy atom. The standard InChI is InChI=1S/C12H16O7S/c1-7(13)6-20(16,17)8-4-9(12(14)15)11(19-3)10(5-8)18-2/h4-5,7,13H,6H2,1-3H3,(H,14,15). The first-order chi connectivity index (χ1) is 9.22. The summed E-state index contributed by atoms with van der Waals surface area (Å²) in [5, 5.41) is 18.3. The second kappa shape index (κ2) is 6.10. The molecule has 0 amide bonds. The Balaban J connectivity index is 3.51. The lowest BCUT2D eigenvalue weighted by molar-refractivity contribution is 0.0692. The number of carboxylic acids is 1. The molecule has 0 bridgehead atoms. The average molecular weight is 304 g/mol. The van der Waals surface area contributed by atoms with E-state index in [4.69, 9.17) is 14.6 Å². The van der Waals surface area contributed by atoms with Crippen molar-refractivity contribution in [1.29, 1.82) is 0 Å². The van der Waals surface area contributed by atoms with Gasteiger partial charge in [-0.25, -0.2) is 13.2 Å². The maximum absolute atomic E-state index is 12.0. The molecule has 0 radical (unpaired) electrons. The van der Waals surface area contributed by atoms with Crippen molar-refractivity contribution in [3.05, 3.63) is 17.7 Å². The van der Waals surface area contributed by atoms with Gasteiger partial charge in [-0.3, -0.25) is 0 Å². The van der Waals surface area contributed by atoms with Crippen LogP contribution >= 0.6 is 0 Å². The van der Waals surface area contributed by atoms with Crippen LogP contribution in [0.2, 0.25) is 0 Å². The molecule has 1 aromatic carbocycles. The maximum atomic E-state index is 12.0. The zero-order chi connectivity index (χ0) is 15.5. The molecular weight excluding hydrogens is 288 g/mol. The number of carboxylic acid groups (broad SMARTS) is 1. The molecule has 0 aliphatic rings. The van der Waals surface area contributed by atoms with Gasteiger partial charge in [0.05, 0.1) is 31.0 Å². The van der Waals surface area contributed by atoms with E-state index in [0.717, 1.165) is 6.07 Å². The molecule has 1 atom stereocenters. The van der Waals surface area contributed by atoms with E-state index in [0.29, 0.717) is 0 Å². The lowest BCUT2D eigenvalue weighted by Gasteiger charge is -2.13. The van der Waals surface area contributed by atoms with E-state index in [2.05, 4.69) is 0 Å². The molecule has 0 saturated heterocycles. The fourth-order valence-electron chi connectivity index (χ4n) is 1.69. The smallest absolute Gasteiger partial charge is 0.339 e. The Labute approximate surface area is 116 Å². The SMILES string of the molecule is COc1cc(S(=O)(=O)CC(C)O)cc(C(=O)O)c1OC. The molecule has 0 saturated carbocycles. The van der Waals surface area contributed by atoms with Gasteiger partial charge in [-0.2, -0.15) is 0 Å². The minimum atomic E-state index is -3.82. The van der Waals surface area contributed by atoms with Crippen LogP contribution in [0.5, 0.6) is 11.5 Å². The van der Waals surface area contributed by atoms with Gasteiger partial charge in [-0.1, -0.05) is 0 Å². The molecule has 1 rings (SSSR count). The summed E-state index contributed by atoms with van der Waals surface area (Å²) in [5.74, 6) is -1.91. The number of rotatable bonds is 6. The highest BCUT2D eigenvalue weighted by Gasteiger charge is 2.24. The number of aromatic carboxylic acids is 1. The third-order valence-corrected chi connectivity index (χ3v) is 4.38. The molecule has 8 heteroatoms. The summed E-state index contributed by atoms with van der Waals surface area (Å²) in [6.45, 7) is 1.33. The molecule has 7 nitrogen and oxygen atoms in total. The third kappa shape index (κ3) is 3.40. The molecule has 1 aromatic rings. The molecule has 0 spiro atoms. The number of ether oxygens (including phenoxy) is 2. The van der Waals surface area contributed by atoms with Crippen molar-refractivity contribution in [3.63, 3.8) is 0 Å². The van der Waals surface area contributed by atoms with Crippen LogP contribution in [-0.2, 0) is 9.84 Å². The van der Waals surface area contributed by atoms with Crippen molar-refractivity contribution in [3.8, 4) is 11.5 Å². The number of aliphatic hydroxyl groups is 1. The lowest BCUT2D eigenvalue weighted by Crippen LogP contribution is -2.18. The third-order valence-electron chi connectivity index (χ3n) is 2.50. The number of sulfone groups is 1. The van der Waals surface area contributed by atoms with Crippen molar-refractivity contribution >= 4 is 15.8 Å². The van der Waals surface area contributed by atoms with Gasteiger partial charge < -0.3 is 19.7 Å². The second-order valence-electron chi connectivity index (χ2n) is 4.14.